The van der Waals surface area contributed by atoms with Crippen molar-refractivity contribution < 1.29 is 0 Å². The van der Waals surface area contributed by atoms with Crippen LogP contribution in [0.5, 0.6) is 0 Å². The van der Waals surface area contributed by atoms with E-state index in [2.05, 4.69) is 44.9 Å². The predicted molar refractivity (Wildman–Crippen MR) is 140 cm³/mol. The van der Waals surface area contributed by atoms with Crippen molar-refractivity contribution in [3.8, 4) is 0 Å². The maximum atomic E-state index is 4.77. The molecule has 0 aliphatic rings. The number of rotatable bonds is 6. The van der Waals surface area contributed by atoms with Crippen LogP contribution in [0.1, 0.15) is 11.4 Å². The minimum atomic E-state index is -1.01. The van der Waals surface area contributed by atoms with Crippen LogP contribution in [0.15, 0.2) is 122 Å². The van der Waals surface area contributed by atoms with Crippen molar-refractivity contribution in [2.75, 3.05) is 10.6 Å². The van der Waals surface area contributed by atoms with Crippen LogP contribution in [-0.4, -0.2) is 19.9 Å². The van der Waals surface area contributed by atoms with Crippen LogP contribution < -0.4 is 10.6 Å². The Balaban J connectivity index is 1.61. The van der Waals surface area contributed by atoms with Crippen LogP contribution in [0.2, 0.25) is 0 Å². The molecule has 6 nitrogen and oxygen atoms in total. The van der Waals surface area contributed by atoms with Gasteiger partial charge in [0.1, 0.15) is 0 Å². The lowest BCUT2D eigenvalue weighted by Crippen LogP contribution is -2.46. The lowest BCUT2D eigenvalue weighted by atomic mass is 9.97. The van der Waals surface area contributed by atoms with E-state index in [4.69, 9.17) is 9.97 Å². The zero-order valence-corrected chi connectivity index (χ0v) is 18.8. The average molecular weight is 455 g/mol. The van der Waals surface area contributed by atoms with Crippen LogP contribution in [0.4, 0.5) is 11.4 Å². The van der Waals surface area contributed by atoms with Crippen LogP contribution in [0, 0.1) is 0 Å². The third-order valence-electron chi connectivity index (χ3n) is 6.01. The van der Waals surface area contributed by atoms with E-state index in [0.29, 0.717) is 0 Å². The fourth-order valence-corrected chi connectivity index (χ4v) is 4.40. The largest absolute Gasteiger partial charge is 0.351 e. The van der Waals surface area contributed by atoms with Gasteiger partial charge in [-0.3, -0.25) is 19.9 Å². The Kier molecular flexibility index (Phi) is 5.24. The second kappa shape index (κ2) is 8.83. The fraction of sp³-hybridized carbons (Fsp3) is 0.0345. The molecule has 0 bridgehead atoms. The molecule has 2 N–H and O–H groups in total. The van der Waals surface area contributed by atoms with Crippen LogP contribution >= 0.6 is 0 Å². The van der Waals surface area contributed by atoms with Crippen molar-refractivity contribution in [1.29, 1.82) is 0 Å². The van der Waals surface area contributed by atoms with Gasteiger partial charge in [0.2, 0.25) is 0 Å². The van der Waals surface area contributed by atoms with E-state index in [0.717, 1.165) is 44.6 Å². The number of benzene rings is 2. The molecule has 6 rings (SSSR count). The number of hydrogen-bond donors (Lipinski definition) is 2. The summed E-state index contributed by atoms with van der Waals surface area (Å²) in [6.45, 7) is 0. The number of aromatic nitrogens is 4. The predicted octanol–water partition coefficient (Wildman–Crippen LogP) is 6.00. The highest BCUT2D eigenvalue weighted by atomic mass is 15.2. The van der Waals surface area contributed by atoms with E-state index in [-0.39, 0.29) is 0 Å². The van der Waals surface area contributed by atoms with Gasteiger partial charge in [0.25, 0.3) is 0 Å². The van der Waals surface area contributed by atoms with Crippen LogP contribution in [-0.2, 0) is 5.66 Å². The Hall–Kier alpha value is -4.84. The van der Waals surface area contributed by atoms with Gasteiger partial charge >= 0.3 is 0 Å². The molecule has 0 saturated heterocycles. The molecule has 0 atom stereocenters. The monoisotopic (exact) mass is 454 g/mol. The molecular formula is C29H22N6. The van der Waals surface area contributed by atoms with Gasteiger partial charge in [-0.2, -0.15) is 0 Å². The summed E-state index contributed by atoms with van der Waals surface area (Å²) in [6, 6.07) is 32.0. The zero-order valence-electron chi connectivity index (χ0n) is 18.8. The van der Waals surface area contributed by atoms with Crippen molar-refractivity contribution in [2.24, 2.45) is 0 Å². The first-order valence-electron chi connectivity index (χ1n) is 11.4. The molecule has 0 amide bonds. The van der Waals surface area contributed by atoms with Gasteiger partial charge in [-0.1, -0.05) is 48.5 Å². The van der Waals surface area contributed by atoms with E-state index < -0.39 is 5.66 Å². The molecule has 0 saturated carbocycles. The van der Waals surface area contributed by atoms with Gasteiger partial charge in [0.05, 0.1) is 33.8 Å². The first-order chi connectivity index (χ1) is 17.3. The molecule has 0 fully saturated rings. The molecule has 35 heavy (non-hydrogen) atoms. The molecule has 0 radical (unpaired) electrons. The van der Waals surface area contributed by atoms with Gasteiger partial charge < -0.3 is 10.6 Å². The summed E-state index contributed by atoms with van der Waals surface area (Å²) in [7, 11) is 0. The summed E-state index contributed by atoms with van der Waals surface area (Å²) in [6.07, 6.45) is 7.19. The molecule has 0 spiro atoms. The third kappa shape index (κ3) is 3.81. The number of nitrogens with one attached hydrogen (secondary N) is 2. The van der Waals surface area contributed by atoms with E-state index >= 15 is 0 Å². The van der Waals surface area contributed by atoms with Crippen LogP contribution in [0.25, 0.3) is 21.8 Å². The Bertz CT molecular complexity index is 1470. The molecule has 6 heteroatoms. The molecule has 4 aromatic heterocycles. The Labute approximate surface area is 202 Å². The van der Waals surface area contributed by atoms with Crippen molar-refractivity contribution in [3.63, 3.8) is 0 Å². The van der Waals surface area contributed by atoms with Gasteiger partial charge in [-0.15, -0.1) is 0 Å². The Morgan fingerprint density at radius 2 is 0.886 bits per heavy atom. The zero-order chi connectivity index (χ0) is 23.5. The van der Waals surface area contributed by atoms with E-state index in [1.807, 2.05) is 72.8 Å². The summed E-state index contributed by atoms with van der Waals surface area (Å²) >= 11 is 0. The molecule has 6 aromatic rings. The van der Waals surface area contributed by atoms with E-state index in [1.54, 1.807) is 24.8 Å². The number of hydrogen-bond acceptors (Lipinski definition) is 6. The first kappa shape index (κ1) is 20.7. The van der Waals surface area contributed by atoms with E-state index in [9.17, 15) is 0 Å². The lowest BCUT2D eigenvalue weighted by molar-refractivity contribution is 0.631. The second-order valence-corrected chi connectivity index (χ2v) is 8.19. The summed E-state index contributed by atoms with van der Waals surface area (Å²) in [5.41, 5.74) is 3.97. The average Bonchev–Trinajstić information content (AvgIpc) is 2.94. The quantitative estimate of drug-likeness (QED) is 0.301. The number of para-hydroxylation sites is 2. The highest BCUT2D eigenvalue weighted by Crippen LogP contribution is 2.36. The van der Waals surface area contributed by atoms with E-state index in [1.165, 1.54) is 0 Å². The van der Waals surface area contributed by atoms with Gasteiger partial charge in [-0.05, 0) is 48.5 Å². The van der Waals surface area contributed by atoms with Crippen LogP contribution in [0.3, 0.4) is 0 Å². The standard InChI is InChI=1S/C29H22N6/c1-3-17-30-25(15-1)29(26-16-2-4-18-31-26,34-23-13-5-9-21-11-7-19-32-27(21)23)35-24-14-6-10-22-12-8-20-33-28(22)24/h1-20,34-35H. The van der Waals surface area contributed by atoms with Crippen molar-refractivity contribution in [2.45, 2.75) is 5.66 Å². The molecule has 2 aromatic carbocycles. The maximum absolute atomic E-state index is 4.77. The summed E-state index contributed by atoms with van der Waals surface area (Å²) < 4.78 is 0. The molecule has 4 heterocycles. The van der Waals surface area contributed by atoms with Crippen molar-refractivity contribution in [1.82, 2.24) is 19.9 Å². The van der Waals surface area contributed by atoms with Gasteiger partial charge in [0, 0.05) is 35.6 Å². The summed E-state index contributed by atoms with van der Waals surface area (Å²) in [4.78, 5) is 18.9. The normalized spacial score (nSPS) is 11.4. The minimum absolute atomic E-state index is 0.763. The highest BCUT2D eigenvalue weighted by molar-refractivity contribution is 5.93. The number of fused-ring (bicyclic) bond motifs is 2. The first-order valence-corrected chi connectivity index (χ1v) is 11.4. The highest BCUT2D eigenvalue weighted by Gasteiger charge is 2.38. The molecule has 0 aliphatic carbocycles. The topological polar surface area (TPSA) is 75.6 Å². The maximum Gasteiger partial charge on any atom is 0.196 e. The van der Waals surface area contributed by atoms with Crippen molar-refractivity contribution in [3.05, 3.63) is 133 Å². The molecule has 0 aliphatic heterocycles. The lowest BCUT2D eigenvalue weighted by Gasteiger charge is -2.37. The van der Waals surface area contributed by atoms with Gasteiger partial charge in [0.15, 0.2) is 5.66 Å². The summed E-state index contributed by atoms with van der Waals surface area (Å²) in [5.74, 6) is 0. The Morgan fingerprint density at radius 1 is 0.429 bits per heavy atom. The number of nitrogens with zero attached hydrogens (tertiary/aromatic N) is 4. The molecular weight excluding hydrogens is 432 g/mol. The summed E-state index contributed by atoms with van der Waals surface area (Å²) in [5, 5.41) is 9.59. The number of pyridine rings is 4. The second-order valence-electron chi connectivity index (χ2n) is 8.19. The fourth-order valence-electron chi connectivity index (χ4n) is 4.40. The Morgan fingerprint density at radius 3 is 1.34 bits per heavy atom. The van der Waals surface area contributed by atoms with Gasteiger partial charge in [-0.25, -0.2) is 0 Å². The smallest absolute Gasteiger partial charge is 0.196 e. The molecule has 168 valence electrons. The number of anilines is 2. The SMILES string of the molecule is c1ccc(C(Nc2cccc3cccnc23)(Nc2cccc3cccnc23)c2ccccn2)nc1. The minimum Gasteiger partial charge on any atom is -0.351 e. The molecule has 0 unspecified atom stereocenters. The third-order valence-corrected chi connectivity index (χ3v) is 6.01. The van der Waals surface area contributed by atoms with Crippen molar-refractivity contribution >= 4 is 33.2 Å².